The predicted molar refractivity (Wildman–Crippen MR) is 91.6 cm³/mol. The third-order valence-electron chi connectivity index (χ3n) is 3.95. The van der Waals surface area contributed by atoms with Gasteiger partial charge >= 0.3 is 11.9 Å². The number of carboxylic acid groups (broad SMARTS) is 2. The summed E-state index contributed by atoms with van der Waals surface area (Å²) in [6.07, 6.45) is 2.92. The van der Waals surface area contributed by atoms with E-state index in [1.165, 1.54) is 60.7 Å². The lowest BCUT2D eigenvalue weighted by molar-refractivity contribution is -0.141. The minimum Gasteiger partial charge on any atom is -0.481 e. The zero-order valence-corrected chi connectivity index (χ0v) is 13.8. The van der Waals surface area contributed by atoms with Crippen LogP contribution in [0.1, 0.15) is 11.1 Å². The number of rotatable bonds is 8. The van der Waals surface area contributed by atoms with E-state index < -0.39 is 35.4 Å². The lowest BCUT2D eigenvalue weighted by Gasteiger charge is -2.11. The van der Waals surface area contributed by atoms with Crippen LogP contribution in [0.4, 0.5) is 8.78 Å². The SMILES string of the molecule is O=C(O)[C@H](C=C[C@H](Cc1ccc(F)cc1)C(=O)O)Cc1ccc(F)cc1. The number of aliphatic carboxylic acids is 2. The molecule has 26 heavy (non-hydrogen) atoms. The Bertz CT molecular complexity index is 715. The molecule has 0 unspecified atom stereocenters. The van der Waals surface area contributed by atoms with Crippen LogP contribution in [-0.2, 0) is 22.4 Å². The first-order valence-electron chi connectivity index (χ1n) is 7.98. The third-order valence-corrected chi connectivity index (χ3v) is 3.95. The van der Waals surface area contributed by atoms with E-state index in [2.05, 4.69) is 0 Å². The number of hydrogen-bond donors (Lipinski definition) is 2. The van der Waals surface area contributed by atoms with Crippen LogP contribution in [0.2, 0.25) is 0 Å². The van der Waals surface area contributed by atoms with Crippen molar-refractivity contribution in [2.24, 2.45) is 11.8 Å². The molecule has 0 aliphatic heterocycles. The molecule has 2 atom stereocenters. The van der Waals surface area contributed by atoms with Crippen molar-refractivity contribution >= 4 is 11.9 Å². The van der Waals surface area contributed by atoms with Crippen molar-refractivity contribution in [3.05, 3.63) is 83.4 Å². The standard InChI is InChI=1S/C20H18F2O4/c21-17-7-1-13(2-8-17)11-15(19(23)24)5-6-16(20(25)26)12-14-3-9-18(22)10-4-14/h1-10,15-16H,11-12H2,(H,23,24)(H,25,26)/t15-,16-/m1/s1. The van der Waals surface area contributed by atoms with Crippen molar-refractivity contribution in [1.82, 2.24) is 0 Å². The maximum Gasteiger partial charge on any atom is 0.310 e. The second-order valence-corrected chi connectivity index (χ2v) is 5.94. The van der Waals surface area contributed by atoms with E-state index >= 15 is 0 Å². The molecule has 0 spiro atoms. The monoisotopic (exact) mass is 360 g/mol. The van der Waals surface area contributed by atoms with Gasteiger partial charge in [0, 0.05) is 0 Å². The molecule has 4 nitrogen and oxygen atoms in total. The zero-order chi connectivity index (χ0) is 19.1. The molecule has 6 heteroatoms. The summed E-state index contributed by atoms with van der Waals surface area (Å²) in [4.78, 5) is 22.9. The Morgan fingerprint density at radius 2 is 1.04 bits per heavy atom. The summed E-state index contributed by atoms with van der Waals surface area (Å²) < 4.78 is 25.9. The van der Waals surface area contributed by atoms with Crippen molar-refractivity contribution in [3.8, 4) is 0 Å². The molecule has 0 aromatic heterocycles. The van der Waals surface area contributed by atoms with Gasteiger partial charge in [-0.05, 0) is 48.2 Å². The van der Waals surface area contributed by atoms with E-state index in [0.29, 0.717) is 11.1 Å². The Morgan fingerprint density at radius 1 is 0.731 bits per heavy atom. The van der Waals surface area contributed by atoms with Crippen molar-refractivity contribution < 1.29 is 28.6 Å². The highest BCUT2D eigenvalue weighted by atomic mass is 19.1. The van der Waals surface area contributed by atoms with Crippen LogP contribution >= 0.6 is 0 Å². The Balaban J connectivity index is 2.11. The molecule has 0 heterocycles. The van der Waals surface area contributed by atoms with Crippen molar-refractivity contribution in [2.75, 3.05) is 0 Å². The van der Waals surface area contributed by atoms with E-state index in [1.807, 2.05) is 0 Å². The van der Waals surface area contributed by atoms with Gasteiger partial charge in [-0.15, -0.1) is 0 Å². The average Bonchev–Trinajstić information content (AvgIpc) is 2.60. The Morgan fingerprint density at radius 3 is 1.31 bits per heavy atom. The van der Waals surface area contributed by atoms with Gasteiger partial charge in [0.2, 0.25) is 0 Å². The fraction of sp³-hybridized carbons (Fsp3) is 0.200. The fourth-order valence-corrected chi connectivity index (χ4v) is 2.49. The fourth-order valence-electron chi connectivity index (χ4n) is 2.49. The van der Waals surface area contributed by atoms with E-state index in [1.54, 1.807) is 0 Å². The van der Waals surface area contributed by atoms with Gasteiger partial charge < -0.3 is 10.2 Å². The summed E-state index contributed by atoms with van der Waals surface area (Å²) in [5.74, 6) is -4.90. The number of halogens is 2. The summed E-state index contributed by atoms with van der Waals surface area (Å²) in [6, 6.07) is 10.9. The largest absolute Gasteiger partial charge is 0.481 e. The molecule has 0 saturated carbocycles. The molecule has 0 radical (unpaired) electrons. The number of carboxylic acids is 2. The highest BCUT2D eigenvalue weighted by Crippen LogP contribution is 2.16. The Kier molecular flexibility index (Phi) is 6.60. The quantitative estimate of drug-likeness (QED) is 0.704. The molecular weight excluding hydrogens is 342 g/mol. The minimum atomic E-state index is -1.10. The molecule has 0 amide bonds. The van der Waals surface area contributed by atoms with Crippen LogP contribution in [0.25, 0.3) is 0 Å². The van der Waals surface area contributed by atoms with Gasteiger partial charge in [0.15, 0.2) is 0 Å². The topological polar surface area (TPSA) is 74.6 Å². The maximum absolute atomic E-state index is 12.9. The van der Waals surface area contributed by atoms with Gasteiger partial charge in [-0.1, -0.05) is 36.4 Å². The van der Waals surface area contributed by atoms with Gasteiger partial charge in [0.1, 0.15) is 11.6 Å². The van der Waals surface area contributed by atoms with Crippen LogP contribution in [-0.4, -0.2) is 22.2 Å². The second kappa shape index (κ2) is 8.89. The first-order chi connectivity index (χ1) is 12.3. The van der Waals surface area contributed by atoms with Crippen molar-refractivity contribution in [1.29, 1.82) is 0 Å². The molecular formula is C20H18F2O4. The van der Waals surface area contributed by atoms with Crippen LogP contribution in [0.5, 0.6) is 0 Å². The van der Waals surface area contributed by atoms with E-state index in [-0.39, 0.29) is 12.8 Å². The first-order valence-corrected chi connectivity index (χ1v) is 7.98. The zero-order valence-electron chi connectivity index (χ0n) is 13.8. The summed E-state index contributed by atoms with van der Waals surface area (Å²) >= 11 is 0. The summed E-state index contributed by atoms with van der Waals surface area (Å²) in [7, 11) is 0. The summed E-state index contributed by atoms with van der Waals surface area (Å²) in [5, 5.41) is 18.7. The number of carbonyl (C=O) groups is 2. The molecule has 0 fully saturated rings. The van der Waals surface area contributed by atoms with Crippen LogP contribution in [0, 0.1) is 23.5 Å². The Hall–Kier alpha value is -3.02. The number of hydrogen-bond acceptors (Lipinski definition) is 2. The molecule has 2 aromatic carbocycles. The molecule has 0 saturated heterocycles. The third kappa shape index (κ3) is 5.81. The van der Waals surface area contributed by atoms with Gasteiger partial charge in [0.05, 0.1) is 11.8 Å². The van der Waals surface area contributed by atoms with Gasteiger partial charge in [-0.3, -0.25) is 9.59 Å². The molecule has 2 rings (SSSR count). The van der Waals surface area contributed by atoms with E-state index in [9.17, 15) is 28.6 Å². The van der Waals surface area contributed by atoms with Crippen molar-refractivity contribution in [3.63, 3.8) is 0 Å². The Labute approximate surface area is 149 Å². The smallest absolute Gasteiger partial charge is 0.310 e. The second-order valence-electron chi connectivity index (χ2n) is 5.94. The molecule has 0 aliphatic rings. The molecule has 2 N–H and O–H groups in total. The normalized spacial score (nSPS) is 13.5. The first kappa shape index (κ1) is 19.3. The lowest BCUT2D eigenvalue weighted by Crippen LogP contribution is -2.17. The van der Waals surface area contributed by atoms with Gasteiger partial charge in [-0.25, -0.2) is 8.78 Å². The highest BCUT2D eigenvalue weighted by Gasteiger charge is 2.19. The number of benzene rings is 2. The van der Waals surface area contributed by atoms with Crippen LogP contribution < -0.4 is 0 Å². The average molecular weight is 360 g/mol. The lowest BCUT2D eigenvalue weighted by atomic mass is 9.94. The highest BCUT2D eigenvalue weighted by molar-refractivity contribution is 5.75. The van der Waals surface area contributed by atoms with Crippen LogP contribution in [0.15, 0.2) is 60.7 Å². The van der Waals surface area contributed by atoms with Crippen molar-refractivity contribution in [2.45, 2.75) is 12.8 Å². The van der Waals surface area contributed by atoms with E-state index in [4.69, 9.17) is 0 Å². The summed E-state index contributed by atoms with van der Waals surface area (Å²) in [6.45, 7) is 0. The van der Waals surface area contributed by atoms with Crippen LogP contribution in [0.3, 0.4) is 0 Å². The molecule has 136 valence electrons. The van der Waals surface area contributed by atoms with Gasteiger partial charge in [-0.2, -0.15) is 0 Å². The summed E-state index contributed by atoms with van der Waals surface area (Å²) in [5.41, 5.74) is 1.27. The molecule has 0 aliphatic carbocycles. The maximum atomic E-state index is 12.9. The minimum absolute atomic E-state index is 0.120. The van der Waals surface area contributed by atoms with Gasteiger partial charge in [0.25, 0.3) is 0 Å². The molecule has 0 bridgehead atoms. The predicted octanol–water partition coefficient (Wildman–Crippen LogP) is 3.71. The molecule has 2 aromatic rings. The van der Waals surface area contributed by atoms with E-state index in [0.717, 1.165) is 0 Å².